The van der Waals surface area contributed by atoms with Gasteiger partial charge in [0.15, 0.2) is 17.1 Å². The highest BCUT2D eigenvalue weighted by Gasteiger charge is 2.50. The Hall–Kier alpha value is -2.82. The molecule has 1 aliphatic heterocycles. The fourth-order valence-corrected chi connectivity index (χ4v) is 3.92. The first kappa shape index (κ1) is 27.8. The zero-order valence-corrected chi connectivity index (χ0v) is 18.7. The highest BCUT2D eigenvalue weighted by Crippen LogP contribution is 2.33. The summed E-state index contributed by atoms with van der Waals surface area (Å²) in [5.41, 5.74) is -2.12. The summed E-state index contributed by atoms with van der Waals surface area (Å²) < 4.78 is 15.5. The minimum absolute atomic E-state index is 0.189. The molecule has 2 aliphatic rings. The van der Waals surface area contributed by atoms with Crippen molar-refractivity contribution in [1.82, 2.24) is 0 Å². The number of ether oxygens (including phenoxy) is 3. The number of carbonyl (C=O) groups is 2. The van der Waals surface area contributed by atoms with Crippen LogP contribution in [0.1, 0.15) is 18.4 Å². The van der Waals surface area contributed by atoms with Gasteiger partial charge in [-0.2, -0.15) is 0 Å². The Morgan fingerprint density at radius 3 is 2.36 bits per heavy atom. The smallest absolute Gasteiger partial charge is 0.335 e. The minimum Gasteiger partial charge on any atom is -0.504 e. The van der Waals surface area contributed by atoms with Gasteiger partial charge in [-0.05, 0) is 23.8 Å². The quantitative estimate of drug-likeness (QED) is 0.128. The van der Waals surface area contributed by atoms with Gasteiger partial charge in [0.25, 0.3) is 0 Å². The topological polar surface area (TPSA) is 244 Å². The maximum Gasteiger partial charge on any atom is 0.335 e. The number of aliphatic carboxylic acids is 1. The van der Waals surface area contributed by atoms with Crippen LogP contribution in [0.2, 0.25) is 0 Å². The maximum atomic E-state index is 12.2. The van der Waals surface area contributed by atoms with Crippen molar-refractivity contribution in [3.8, 4) is 11.5 Å². The van der Waals surface area contributed by atoms with Crippen LogP contribution in [0.25, 0.3) is 6.08 Å². The summed E-state index contributed by atoms with van der Waals surface area (Å²) in [6.07, 6.45) is -11.6. The third kappa shape index (κ3) is 5.93. The third-order valence-electron chi connectivity index (χ3n) is 6.01. The molecule has 36 heavy (non-hydrogen) atoms. The molecule has 1 saturated heterocycles. The molecule has 14 nitrogen and oxygen atoms in total. The van der Waals surface area contributed by atoms with Gasteiger partial charge in [-0.25, -0.2) is 9.59 Å². The van der Waals surface area contributed by atoms with Crippen LogP contribution < -0.4 is 4.74 Å². The van der Waals surface area contributed by atoms with E-state index in [0.29, 0.717) is 0 Å². The number of rotatable bonds is 7. The summed E-state index contributed by atoms with van der Waals surface area (Å²) in [6, 6.07) is 3.78. The number of aliphatic hydroxyl groups is 7. The summed E-state index contributed by atoms with van der Waals surface area (Å²) in [4.78, 5) is 23.4. The third-order valence-corrected chi connectivity index (χ3v) is 6.01. The standard InChI is InChI=1S/C22H28O14/c23-8-14-17(28)18(29)19(30)20(36-14)35-12-3-1-9(5-10(12)24)2-4-15(26)34-13-7-22(33,21(31)32)6-11(25)16(13)27/h1-5,11,13-14,16-20,23-25,27-30,33H,6-8H2,(H,31,32)/b4-2+/t11-,13-,14-,16-,17-,18+,19-,20-,22+/m1/s1. The molecule has 1 aromatic rings. The van der Waals surface area contributed by atoms with Crippen LogP contribution in [0.5, 0.6) is 11.5 Å². The summed E-state index contributed by atoms with van der Waals surface area (Å²) in [6.45, 7) is -0.664. The maximum absolute atomic E-state index is 12.2. The van der Waals surface area contributed by atoms with Crippen LogP contribution in [0.15, 0.2) is 24.3 Å². The Bertz CT molecular complexity index is 979. The molecule has 0 radical (unpaired) electrons. The van der Waals surface area contributed by atoms with Crippen LogP contribution in [-0.4, -0.2) is 119 Å². The van der Waals surface area contributed by atoms with E-state index in [1.165, 1.54) is 18.2 Å². The fourth-order valence-electron chi connectivity index (χ4n) is 3.92. The molecule has 9 N–H and O–H groups in total. The normalized spacial score (nSPS) is 37.0. The number of carbonyl (C=O) groups excluding carboxylic acids is 1. The monoisotopic (exact) mass is 516 g/mol. The van der Waals surface area contributed by atoms with E-state index < -0.39 is 91.8 Å². The van der Waals surface area contributed by atoms with Crippen molar-refractivity contribution >= 4 is 18.0 Å². The first-order valence-corrected chi connectivity index (χ1v) is 10.9. The number of hydrogen-bond acceptors (Lipinski definition) is 13. The van der Waals surface area contributed by atoms with Gasteiger partial charge in [-0.3, -0.25) is 0 Å². The lowest BCUT2D eigenvalue weighted by atomic mass is 9.79. The van der Waals surface area contributed by atoms with E-state index >= 15 is 0 Å². The van der Waals surface area contributed by atoms with E-state index in [1.807, 2.05) is 0 Å². The molecule has 1 saturated carbocycles. The van der Waals surface area contributed by atoms with Crippen molar-refractivity contribution < 1.29 is 69.8 Å². The van der Waals surface area contributed by atoms with E-state index in [1.54, 1.807) is 0 Å². The second-order valence-corrected chi connectivity index (χ2v) is 8.65. The zero-order valence-electron chi connectivity index (χ0n) is 18.7. The molecular weight excluding hydrogens is 488 g/mol. The highest BCUT2D eigenvalue weighted by molar-refractivity contribution is 5.87. The predicted molar refractivity (Wildman–Crippen MR) is 115 cm³/mol. The Balaban J connectivity index is 1.63. The second-order valence-electron chi connectivity index (χ2n) is 8.65. The molecule has 0 aromatic heterocycles. The number of phenols is 1. The molecule has 3 rings (SSSR count). The van der Waals surface area contributed by atoms with Gasteiger partial charge in [-0.1, -0.05) is 6.07 Å². The number of benzene rings is 1. The van der Waals surface area contributed by atoms with Gasteiger partial charge in [0.2, 0.25) is 6.29 Å². The molecule has 0 bridgehead atoms. The van der Waals surface area contributed by atoms with Gasteiger partial charge in [0.05, 0.1) is 12.7 Å². The Kier molecular flexibility index (Phi) is 8.53. The summed E-state index contributed by atoms with van der Waals surface area (Å²) in [5, 5.41) is 88.2. The van der Waals surface area contributed by atoms with E-state index in [4.69, 9.17) is 19.3 Å². The summed E-state index contributed by atoms with van der Waals surface area (Å²) in [5.74, 6) is -3.31. The molecule has 0 unspecified atom stereocenters. The molecule has 0 amide bonds. The van der Waals surface area contributed by atoms with Crippen LogP contribution in [-0.2, 0) is 19.1 Å². The lowest BCUT2D eigenvalue weighted by Crippen LogP contribution is -2.60. The molecule has 2 fully saturated rings. The van der Waals surface area contributed by atoms with Gasteiger partial charge >= 0.3 is 11.9 Å². The Labute approximate surface area is 203 Å². The van der Waals surface area contributed by atoms with E-state index in [-0.39, 0.29) is 11.3 Å². The van der Waals surface area contributed by atoms with Crippen molar-refractivity contribution in [2.45, 2.75) is 67.5 Å². The van der Waals surface area contributed by atoms with Crippen LogP contribution in [0.3, 0.4) is 0 Å². The van der Waals surface area contributed by atoms with E-state index in [2.05, 4.69) is 0 Å². The number of carboxylic acids is 1. The van der Waals surface area contributed by atoms with Gasteiger partial charge in [-0.15, -0.1) is 0 Å². The molecule has 1 aromatic carbocycles. The lowest BCUT2D eigenvalue weighted by molar-refractivity contribution is -0.277. The van der Waals surface area contributed by atoms with Gasteiger partial charge < -0.3 is 60.2 Å². The van der Waals surface area contributed by atoms with Crippen molar-refractivity contribution in [1.29, 1.82) is 0 Å². The van der Waals surface area contributed by atoms with Gasteiger partial charge in [0, 0.05) is 18.9 Å². The van der Waals surface area contributed by atoms with Crippen molar-refractivity contribution in [2.24, 2.45) is 0 Å². The molecule has 1 heterocycles. The molecule has 200 valence electrons. The Morgan fingerprint density at radius 1 is 1.06 bits per heavy atom. The second kappa shape index (κ2) is 11.1. The molecule has 1 aliphatic carbocycles. The van der Waals surface area contributed by atoms with E-state index in [0.717, 1.165) is 12.1 Å². The molecular formula is C22H28O14. The van der Waals surface area contributed by atoms with Crippen LogP contribution >= 0.6 is 0 Å². The summed E-state index contributed by atoms with van der Waals surface area (Å²) in [7, 11) is 0. The summed E-state index contributed by atoms with van der Waals surface area (Å²) >= 11 is 0. The number of carboxylic acid groups (broad SMARTS) is 1. The first-order chi connectivity index (χ1) is 16.9. The van der Waals surface area contributed by atoms with E-state index in [9.17, 15) is 50.4 Å². The minimum atomic E-state index is -2.38. The fraction of sp³-hybridized carbons (Fsp3) is 0.545. The van der Waals surface area contributed by atoms with Crippen molar-refractivity contribution in [2.75, 3.05) is 6.61 Å². The van der Waals surface area contributed by atoms with Gasteiger partial charge in [0.1, 0.15) is 36.6 Å². The van der Waals surface area contributed by atoms with Crippen LogP contribution in [0, 0.1) is 0 Å². The molecule has 9 atom stereocenters. The Morgan fingerprint density at radius 2 is 1.75 bits per heavy atom. The predicted octanol–water partition coefficient (Wildman–Crippen LogP) is -3.17. The molecule has 0 spiro atoms. The van der Waals surface area contributed by atoms with Crippen molar-refractivity contribution in [3.05, 3.63) is 29.8 Å². The van der Waals surface area contributed by atoms with Crippen LogP contribution in [0.4, 0.5) is 0 Å². The number of esters is 1. The lowest BCUT2D eigenvalue weighted by Gasteiger charge is -2.39. The number of phenolic OH excluding ortho intramolecular Hbond substituents is 1. The number of aliphatic hydroxyl groups excluding tert-OH is 6. The SMILES string of the molecule is O=C(/C=C/c1ccc(O[C@@H]2O[C@H](CO)[C@@H](O)[C@H](O)[C@H]2O)c(O)c1)O[C@@H]1C[C@](O)(C(=O)O)C[C@@H](O)[C@H]1O. The largest absolute Gasteiger partial charge is 0.504 e. The highest BCUT2D eigenvalue weighted by atomic mass is 16.7. The number of hydrogen-bond donors (Lipinski definition) is 9. The number of aromatic hydroxyl groups is 1. The first-order valence-electron chi connectivity index (χ1n) is 10.9. The zero-order chi connectivity index (χ0) is 26.8. The molecule has 14 heteroatoms. The van der Waals surface area contributed by atoms with Crippen molar-refractivity contribution in [3.63, 3.8) is 0 Å². The average Bonchev–Trinajstić information content (AvgIpc) is 2.82. The average molecular weight is 516 g/mol.